The second-order valence-corrected chi connectivity index (χ2v) is 6.95. The van der Waals surface area contributed by atoms with Crippen molar-refractivity contribution in [3.8, 4) is 0 Å². The van der Waals surface area contributed by atoms with E-state index in [2.05, 4.69) is 30.6 Å². The number of aryl methyl sites for hydroxylation is 1. The van der Waals surface area contributed by atoms with E-state index in [1.807, 2.05) is 19.1 Å². The number of nitrogens with zero attached hydrogens (tertiary/aromatic N) is 7. The monoisotopic (exact) mass is 368 g/mol. The van der Waals surface area contributed by atoms with Crippen LogP contribution in [0.5, 0.6) is 0 Å². The van der Waals surface area contributed by atoms with Crippen LogP contribution in [0.25, 0.3) is 5.65 Å². The van der Waals surface area contributed by atoms with Crippen molar-refractivity contribution >= 4 is 11.5 Å². The normalized spacial score (nSPS) is 18.0. The van der Waals surface area contributed by atoms with E-state index in [1.165, 1.54) is 12.8 Å². The van der Waals surface area contributed by atoms with Crippen LogP contribution in [-0.2, 0) is 6.54 Å². The fraction of sp³-hybridized carbons (Fsp3) is 0.500. The van der Waals surface area contributed by atoms with Crippen molar-refractivity contribution in [2.24, 2.45) is 0 Å². The quantitative estimate of drug-likeness (QED) is 0.692. The first kappa shape index (κ1) is 17.6. The van der Waals surface area contributed by atoms with Crippen molar-refractivity contribution in [1.82, 2.24) is 34.5 Å². The van der Waals surface area contributed by atoms with E-state index in [4.69, 9.17) is 0 Å². The molecule has 9 nitrogen and oxygen atoms in total. The van der Waals surface area contributed by atoms with Gasteiger partial charge in [0.05, 0.1) is 12.2 Å². The van der Waals surface area contributed by atoms with Gasteiger partial charge in [-0.3, -0.25) is 9.69 Å². The first-order chi connectivity index (χ1) is 13.2. The third kappa shape index (κ3) is 4.13. The molecular formula is C18H24N8O. The summed E-state index contributed by atoms with van der Waals surface area (Å²) < 4.78 is 3.23. The molecule has 0 aliphatic carbocycles. The SMILES string of the molecule is Cc1ccc(=O)n(CCN2CCCCC2CNc2ccc3nncn3n2)n1. The van der Waals surface area contributed by atoms with Crippen LogP contribution in [0.2, 0.25) is 0 Å². The van der Waals surface area contributed by atoms with Gasteiger partial charge in [-0.05, 0) is 44.5 Å². The topological polar surface area (TPSA) is 93.2 Å². The van der Waals surface area contributed by atoms with E-state index in [0.717, 1.165) is 43.2 Å². The maximum atomic E-state index is 12.0. The van der Waals surface area contributed by atoms with Crippen LogP contribution in [0.3, 0.4) is 0 Å². The van der Waals surface area contributed by atoms with Gasteiger partial charge >= 0.3 is 0 Å². The second kappa shape index (κ2) is 7.83. The predicted molar refractivity (Wildman–Crippen MR) is 102 cm³/mol. The lowest BCUT2D eigenvalue weighted by Gasteiger charge is -2.35. The third-order valence-corrected chi connectivity index (χ3v) is 5.03. The van der Waals surface area contributed by atoms with Gasteiger partial charge in [-0.15, -0.1) is 15.3 Å². The average molecular weight is 368 g/mol. The number of aromatic nitrogens is 6. The van der Waals surface area contributed by atoms with Gasteiger partial charge in [-0.2, -0.15) is 9.61 Å². The van der Waals surface area contributed by atoms with E-state index in [1.54, 1.807) is 27.7 Å². The summed E-state index contributed by atoms with van der Waals surface area (Å²) in [5.41, 5.74) is 1.55. The molecule has 1 atom stereocenters. The van der Waals surface area contributed by atoms with E-state index < -0.39 is 0 Å². The molecule has 142 valence electrons. The number of hydrogen-bond donors (Lipinski definition) is 1. The maximum absolute atomic E-state index is 12.0. The molecule has 3 aromatic rings. The van der Waals surface area contributed by atoms with E-state index in [-0.39, 0.29) is 5.56 Å². The van der Waals surface area contributed by atoms with Crippen LogP contribution in [0.15, 0.2) is 35.4 Å². The van der Waals surface area contributed by atoms with Crippen LogP contribution in [0.4, 0.5) is 5.82 Å². The number of fused-ring (bicyclic) bond motifs is 1. The molecule has 1 saturated heterocycles. The number of rotatable bonds is 6. The zero-order valence-electron chi connectivity index (χ0n) is 15.5. The molecular weight excluding hydrogens is 344 g/mol. The first-order valence-electron chi connectivity index (χ1n) is 9.39. The highest BCUT2D eigenvalue weighted by molar-refractivity contribution is 5.42. The fourth-order valence-corrected chi connectivity index (χ4v) is 3.56. The lowest BCUT2D eigenvalue weighted by molar-refractivity contribution is 0.148. The van der Waals surface area contributed by atoms with Crippen molar-refractivity contribution in [2.45, 2.75) is 38.8 Å². The molecule has 0 spiro atoms. The van der Waals surface area contributed by atoms with Crippen LogP contribution >= 0.6 is 0 Å². The smallest absolute Gasteiger partial charge is 0.266 e. The van der Waals surface area contributed by atoms with Gasteiger partial charge in [0.2, 0.25) is 0 Å². The summed E-state index contributed by atoms with van der Waals surface area (Å²) >= 11 is 0. The standard InChI is InChI=1S/C18H24N8O/c1-14-5-8-18(27)25(22-14)11-10-24-9-3-2-4-15(24)12-19-16-6-7-17-21-20-13-26(17)23-16/h5-8,13,15H,2-4,9-12H2,1H3,(H,19,23). The molecule has 1 aliphatic rings. The number of nitrogens with one attached hydrogen (secondary N) is 1. The molecule has 1 fully saturated rings. The lowest BCUT2D eigenvalue weighted by Crippen LogP contribution is -2.45. The summed E-state index contributed by atoms with van der Waals surface area (Å²) in [6.45, 7) is 5.20. The van der Waals surface area contributed by atoms with Gasteiger partial charge in [-0.1, -0.05) is 6.42 Å². The minimum atomic E-state index is -0.0428. The zero-order valence-corrected chi connectivity index (χ0v) is 15.5. The predicted octanol–water partition coefficient (Wildman–Crippen LogP) is 0.956. The van der Waals surface area contributed by atoms with Crippen molar-refractivity contribution in [3.63, 3.8) is 0 Å². The summed E-state index contributed by atoms with van der Waals surface area (Å²) in [6.07, 6.45) is 5.15. The minimum Gasteiger partial charge on any atom is -0.367 e. The van der Waals surface area contributed by atoms with Crippen molar-refractivity contribution in [2.75, 3.05) is 25.0 Å². The Morgan fingerprint density at radius 2 is 2.07 bits per heavy atom. The van der Waals surface area contributed by atoms with Crippen LogP contribution in [-0.4, -0.2) is 60.2 Å². The highest BCUT2D eigenvalue weighted by atomic mass is 16.1. The molecule has 0 amide bonds. The molecule has 3 aromatic heterocycles. The van der Waals surface area contributed by atoms with Gasteiger partial charge in [0, 0.05) is 25.2 Å². The summed E-state index contributed by atoms with van der Waals surface area (Å²) in [5, 5.41) is 20.1. The van der Waals surface area contributed by atoms with E-state index in [9.17, 15) is 4.79 Å². The first-order valence-corrected chi connectivity index (χ1v) is 9.39. The van der Waals surface area contributed by atoms with Crippen molar-refractivity contribution in [1.29, 1.82) is 0 Å². The number of hydrogen-bond acceptors (Lipinski definition) is 7. The highest BCUT2D eigenvalue weighted by Crippen LogP contribution is 2.17. The Kier molecular flexibility index (Phi) is 5.10. The Hall–Kier alpha value is -2.81. The molecule has 1 unspecified atom stereocenters. The van der Waals surface area contributed by atoms with Crippen LogP contribution < -0.4 is 10.9 Å². The largest absolute Gasteiger partial charge is 0.367 e. The van der Waals surface area contributed by atoms with Gasteiger partial charge in [0.1, 0.15) is 12.1 Å². The molecule has 1 aliphatic heterocycles. The van der Waals surface area contributed by atoms with Crippen molar-refractivity contribution in [3.05, 3.63) is 46.6 Å². The fourth-order valence-electron chi connectivity index (χ4n) is 3.56. The van der Waals surface area contributed by atoms with E-state index >= 15 is 0 Å². The average Bonchev–Trinajstić information content (AvgIpc) is 3.15. The van der Waals surface area contributed by atoms with E-state index in [0.29, 0.717) is 12.6 Å². The summed E-state index contributed by atoms with van der Waals surface area (Å²) in [7, 11) is 0. The lowest BCUT2D eigenvalue weighted by atomic mass is 10.0. The maximum Gasteiger partial charge on any atom is 0.266 e. The molecule has 0 saturated carbocycles. The Labute approximate surface area is 157 Å². The highest BCUT2D eigenvalue weighted by Gasteiger charge is 2.22. The number of anilines is 1. The molecule has 1 N–H and O–H groups in total. The summed E-state index contributed by atoms with van der Waals surface area (Å²) in [6, 6.07) is 7.58. The zero-order chi connectivity index (χ0) is 18.6. The molecule has 4 rings (SSSR count). The molecule has 0 aromatic carbocycles. The number of piperidine rings is 1. The Morgan fingerprint density at radius 3 is 3.00 bits per heavy atom. The van der Waals surface area contributed by atoms with Gasteiger partial charge in [0.15, 0.2) is 5.65 Å². The summed E-state index contributed by atoms with van der Waals surface area (Å²) in [5.74, 6) is 0.810. The third-order valence-electron chi connectivity index (χ3n) is 5.03. The van der Waals surface area contributed by atoms with Gasteiger partial charge in [0.25, 0.3) is 5.56 Å². The van der Waals surface area contributed by atoms with Gasteiger partial charge in [-0.25, -0.2) is 4.68 Å². The Balaban J connectivity index is 1.38. The molecule has 0 bridgehead atoms. The molecule has 4 heterocycles. The summed E-state index contributed by atoms with van der Waals surface area (Å²) in [4.78, 5) is 14.4. The van der Waals surface area contributed by atoms with Crippen LogP contribution in [0, 0.1) is 6.92 Å². The molecule has 9 heteroatoms. The minimum absolute atomic E-state index is 0.0428. The molecule has 0 radical (unpaired) electrons. The Morgan fingerprint density at radius 1 is 1.15 bits per heavy atom. The van der Waals surface area contributed by atoms with Crippen LogP contribution in [0.1, 0.15) is 25.0 Å². The number of likely N-dealkylation sites (tertiary alicyclic amines) is 1. The van der Waals surface area contributed by atoms with Gasteiger partial charge < -0.3 is 5.32 Å². The Bertz CT molecular complexity index is 965. The second-order valence-electron chi connectivity index (χ2n) is 6.95. The molecule has 27 heavy (non-hydrogen) atoms. The van der Waals surface area contributed by atoms with Crippen molar-refractivity contribution < 1.29 is 0 Å².